The number of nitrogens with zero attached hydrogens (tertiary/aromatic N) is 2. The third-order valence-corrected chi connectivity index (χ3v) is 6.40. The summed E-state index contributed by atoms with van der Waals surface area (Å²) in [6, 6.07) is 19.7. The lowest BCUT2D eigenvalue weighted by molar-refractivity contribution is 0.374. The lowest BCUT2D eigenvalue weighted by Crippen LogP contribution is -2.35. The van der Waals surface area contributed by atoms with Gasteiger partial charge in [0.25, 0.3) is 5.56 Å². The number of H-pyrrole nitrogens is 1. The van der Waals surface area contributed by atoms with Crippen LogP contribution < -0.4 is 16.0 Å². The highest BCUT2D eigenvalue weighted by molar-refractivity contribution is 6.31. The van der Waals surface area contributed by atoms with Gasteiger partial charge in [0.1, 0.15) is 10.7 Å². The number of phenols is 1. The van der Waals surface area contributed by atoms with Crippen LogP contribution in [-0.4, -0.2) is 26.3 Å². The van der Waals surface area contributed by atoms with E-state index in [0.29, 0.717) is 28.2 Å². The second kappa shape index (κ2) is 8.52. The van der Waals surface area contributed by atoms with E-state index in [0.717, 1.165) is 21.3 Å². The Balaban J connectivity index is 1.70. The molecular formula is C27H22ClN3O4. The van der Waals surface area contributed by atoms with Crippen LogP contribution in [0.5, 0.6) is 11.5 Å². The topological polar surface area (TPSA) is 89.2 Å². The molecule has 0 unspecified atom stereocenters. The first-order chi connectivity index (χ1) is 16.8. The Morgan fingerprint density at radius 3 is 2.23 bits per heavy atom. The first-order valence-corrected chi connectivity index (χ1v) is 11.3. The Bertz CT molecular complexity index is 1690. The quantitative estimate of drug-likeness (QED) is 0.368. The van der Waals surface area contributed by atoms with Gasteiger partial charge in [0.2, 0.25) is 0 Å². The van der Waals surface area contributed by atoms with Crippen LogP contribution in [0, 0.1) is 13.8 Å². The van der Waals surface area contributed by atoms with Crippen LogP contribution in [0.15, 0.2) is 76.3 Å². The summed E-state index contributed by atoms with van der Waals surface area (Å²) < 4.78 is 7.96. The first kappa shape index (κ1) is 22.6. The van der Waals surface area contributed by atoms with Gasteiger partial charge in [0, 0.05) is 11.3 Å². The van der Waals surface area contributed by atoms with Crippen molar-refractivity contribution in [2.75, 3.05) is 7.11 Å². The third-order valence-electron chi connectivity index (χ3n) is 6.12. The number of hydrogen-bond acceptors (Lipinski definition) is 4. The number of benzene rings is 3. The smallest absolute Gasteiger partial charge is 0.333 e. The van der Waals surface area contributed by atoms with Crippen molar-refractivity contribution in [2.24, 2.45) is 0 Å². The number of para-hydroxylation sites is 2. The fourth-order valence-corrected chi connectivity index (χ4v) is 4.77. The number of ether oxygens (including phenoxy) is 1. The van der Waals surface area contributed by atoms with Crippen LogP contribution in [0.25, 0.3) is 33.5 Å². The molecule has 0 aliphatic carbocycles. The van der Waals surface area contributed by atoms with Gasteiger partial charge < -0.3 is 14.8 Å². The van der Waals surface area contributed by atoms with Crippen molar-refractivity contribution in [1.29, 1.82) is 0 Å². The van der Waals surface area contributed by atoms with Crippen molar-refractivity contribution in [3.05, 3.63) is 104 Å². The summed E-state index contributed by atoms with van der Waals surface area (Å²) in [4.78, 5) is 29.4. The Labute approximate surface area is 205 Å². The summed E-state index contributed by atoms with van der Waals surface area (Å²) in [6.45, 7) is 3.72. The van der Waals surface area contributed by atoms with Crippen LogP contribution in [0.1, 0.15) is 11.1 Å². The van der Waals surface area contributed by atoms with Crippen LogP contribution in [0.3, 0.4) is 0 Å². The van der Waals surface area contributed by atoms with Gasteiger partial charge in [0.15, 0.2) is 11.5 Å². The zero-order chi connectivity index (χ0) is 24.9. The number of phenolic OH excluding ortho intramolecular Hbond substituents is 1. The van der Waals surface area contributed by atoms with Gasteiger partial charge in [-0.3, -0.25) is 9.36 Å². The van der Waals surface area contributed by atoms with E-state index in [4.69, 9.17) is 16.3 Å². The van der Waals surface area contributed by atoms with Crippen molar-refractivity contribution in [3.8, 4) is 34.0 Å². The molecule has 2 aromatic heterocycles. The van der Waals surface area contributed by atoms with E-state index >= 15 is 0 Å². The summed E-state index contributed by atoms with van der Waals surface area (Å²) in [5.41, 5.74) is 3.78. The normalized spacial score (nSPS) is 11.2. The molecule has 0 aliphatic rings. The number of methoxy groups -OCH3 is 1. The molecule has 0 amide bonds. The summed E-state index contributed by atoms with van der Waals surface area (Å²) in [6.07, 6.45) is 0. The molecule has 5 aromatic rings. The average molecular weight is 488 g/mol. The lowest BCUT2D eigenvalue weighted by atomic mass is 10.0. The SMILES string of the molecule is COc1cccc(-c2ccc(-n3c(Cl)cc4[nH]c(=O)n(-c5c(C)cccc5C)c(=O)c43)cc2)c1O. The highest BCUT2D eigenvalue weighted by Crippen LogP contribution is 2.37. The highest BCUT2D eigenvalue weighted by Gasteiger charge is 2.19. The Kier molecular flexibility index (Phi) is 5.49. The fourth-order valence-electron chi connectivity index (χ4n) is 4.48. The van der Waals surface area contributed by atoms with E-state index in [1.54, 1.807) is 41.0 Å². The van der Waals surface area contributed by atoms with Gasteiger partial charge in [-0.05, 0) is 54.8 Å². The lowest BCUT2D eigenvalue weighted by Gasteiger charge is -2.13. The molecule has 0 spiro atoms. The van der Waals surface area contributed by atoms with Crippen molar-refractivity contribution < 1.29 is 9.84 Å². The predicted octanol–water partition coefficient (Wildman–Crippen LogP) is 5.12. The number of aromatic amines is 1. The van der Waals surface area contributed by atoms with Crippen molar-refractivity contribution in [2.45, 2.75) is 13.8 Å². The minimum Gasteiger partial charge on any atom is -0.504 e. The number of nitrogens with one attached hydrogen (secondary N) is 1. The van der Waals surface area contributed by atoms with Crippen LogP contribution >= 0.6 is 11.6 Å². The number of aromatic nitrogens is 3. The summed E-state index contributed by atoms with van der Waals surface area (Å²) in [5, 5.41) is 10.8. The molecule has 0 saturated heterocycles. The van der Waals surface area contributed by atoms with Crippen molar-refractivity contribution >= 4 is 22.6 Å². The number of aromatic hydroxyl groups is 1. The van der Waals surface area contributed by atoms with Gasteiger partial charge in [-0.15, -0.1) is 0 Å². The van der Waals surface area contributed by atoms with E-state index in [9.17, 15) is 14.7 Å². The Hall–Kier alpha value is -4.23. The number of rotatable bonds is 4. The van der Waals surface area contributed by atoms with E-state index in [2.05, 4.69) is 4.98 Å². The number of fused-ring (bicyclic) bond motifs is 1. The van der Waals surface area contributed by atoms with E-state index in [-0.39, 0.29) is 16.4 Å². The predicted molar refractivity (Wildman–Crippen MR) is 138 cm³/mol. The molecule has 7 nitrogen and oxygen atoms in total. The minimum absolute atomic E-state index is 0.0428. The third kappa shape index (κ3) is 3.61. The average Bonchev–Trinajstić information content (AvgIpc) is 3.17. The molecule has 2 heterocycles. The zero-order valence-corrected chi connectivity index (χ0v) is 20.1. The van der Waals surface area contributed by atoms with Gasteiger partial charge in [-0.25, -0.2) is 9.36 Å². The first-order valence-electron chi connectivity index (χ1n) is 10.9. The molecule has 0 radical (unpaired) electrons. The standard InChI is InChI=1S/C27H22ClN3O4/c1-15-6-4-7-16(2)23(15)31-26(33)24-20(29-27(31)34)14-22(28)30(24)18-12-10-17(11-13-18)19-8-5-9-21(35-3)25(19)32/h4-14,32H,1-3H3,(H,29,34). The van der Waals surface area contributed by atoms with Crippen molar-refractivity contribution in [1.82, 2.24) is 14.1 Å². The molecule has 3 aromatic carbocycles. The van der Waals surface area contributed by atoms with Crippen LogP contribution in [0.2, 0.25) is 5.15 Å². The maximum atomic E-state index is 13.7. The number of aryl methyl sites for hydroxylation is 2. The van der Waals surface area contributed by atoms with Crippen molar-refractivity contribution in [3.63, 3.8) is 0 Å². The maximum Gasteiger partial charge on any atom is 0.333 e. The van der Waals surface area contributed by atoms with Crippen LogP contribution in [0.4, 0.5) is 0 Å². The van der Waals surface area contributed by atoms with Gasteiger partial charge >= 0.3 is 5.69 Å². The molecule has 8 heteroatoms. The number of halogens is 1. The molecule has 5 rings (SSSR count). The van der Waals surface area contributed by atoms with Gasteiger partial charge in [-0.1, -0.05) is 54.1 Å². The monoisotopic (exact) mass is 487 g/mol. The second-order valence-corrected chi connectivity index (χ2v) is 8.67. The molecule has 176 valence electrons. The Morgan fingerprint density at radius 2 is 1.57 bits per heavy atom. The van der Waals surface area contributed by atoms with Crippen LogP contribution in [-0.2, 0) is 0 Å². The summed E-state index contributed by atoms with van der Waals surface area (Å²) in [5.74, 6) is 0.420. The van der Waals surface area contributed by atoms with E-state index in [1.165, 1.54) is 7.11 Å². The molecule has 35 heavy (non-hydrogen) atoms. The van der Waals surface area contributed by atoms with E-state index in [1.807, 2.05) is 44.2 Å². The fraction of sp³-hybridized carbons (Fsp3) is 0.111. The molecule has 0 fully saturated rings. The van der Waals surface area contributed by atoms with Gasteiger partial charge in [0.05, 0.1) is 18.3 Å². The molecule has 0 atom stereocenters. The minimum atomic E-state index is -0.530. The highest BCUT2D eigenvalue weighted by atomic mass is 35.5. The Morgan fingerprint density at radius 1 is 0.914 bits per heavy atom. The molecule has 0 bridgehead atoms. The second-order valence-electron chi connectivity index (χ2n) is 8.28. The molecular weight excluding hydrogens is 466 g/mol. The van der Waals surface area contributed by atoms with Gasteiger partial charge in [-0.2, -0.15) is 0 Å². The summed E-state index contributed by atoms with van der Waals surface area (Å²) >= 11 is 6.55. The van der Waals surface area contributed by atoms with E-state index < -0.39 is 11.2 Å². The maximum absolute atomic E-state index is 13.7. The largest absolute Gasteiger partial charge is 0.504 e. The zero-order valence-electron chi connectivity index (χ0n) is 19.3. The summed E-state index contributed by atoms with van der Waals surface area (Å²) in [7, 11) is 1.50. The molecule has 0 aliphatic heterocycles. The molecule has 0 saturated carbocycles. The number of hydrogen-bond donors (Lipinski definition) is 2. The molecule has 2 N–H and O–H groups in total.